The quantitative estimate of drug-likeness (QED) is 0.00974. The third-order valence-electron chi connectivity index (χ3n) is 13.9. The van der Waals surface area contributed by atoms with Gasteiger partial charge in [0.2, 0.25) is 0 Å². The highest BCUT2D eigenvalue weighted by Crippen LogP contribution is 2.54. The molecule has 4 amide bonds. The van der Waals surface area contributed by atoms with Crippen molar-refractivity contribution in [1.29, 1.82) is 0 Å². The van der Waals surface area contributed by atoms with Crippen molar-refractivity contribution < 1.29 is 57.3 Å². The summed E-state index contributed by atoms with van der Waals surface area (Å²) in [6.45, 7) is 16.8. The molecule has 2 aliphatic rings. The molecule has 0 aromatic heterocycles. The molecule has 404 valence electrons. The monoisotopic (exact) mass is 1290 g/mol. The Bertz CT molecular complexity index is 3050. The average Bonchev–Trinajstić information content (AvgIpc) is 3.45. The van der Waals surface area contributed by atoms with Gasteiger partial charge in [0.1, 0.15) is 19.8 Å². The smallest absolute Gasteiger partial charge is 0.333 e. The third kappa shape index (κ3) is 12.0. The molecule has 76 heavy (non-hydrogen) atoms. The van der Waals surface area contributed by atoms with E-state index in [2.05, 4.69) is 90.7 Å². The van der Waals surface area contributed by atoms with Gasteiger partial charge in [-0.2, -0.15) is 0 Å². The van der Waals surface area contributed by atoms with Crippen molar-refractivity contribution in [3.8, 4) is 0 Å². The molecule has 1 atom stereocenters. The second-order valence-corrected chi connectivity index (χ2v) is 23.7. The zero-order valence-electron chi connectivity index (χ0n) is 43.7. The minimum Gasteiger partial charge on any atom is -0.463 e. The maximum Gasteiger partial charge on any atom is 0.333 e. The summed E-state index contributed by atoms with van der Waals surface area (Å²) < 4.78 is 23.6. The fraction of sp³-hybridized carbons (Fsp3) is 0.448. The van der Waals surface area contributed by atoms with Gasteiger partial charge in [-0.25, -0.2) is 9.59 Å². The van der Waals surface area contributed by atoms with Gasteiger partial charge < -0.3 is 18.9 Å². The Kier molecular flexibility index (Phi) is 19.4. The van der Waals surface area contributed by atoms with E-state index in [1.807, 2.05) is 13.8 Å². The van der Waals surface area contributed by atoms with Gasteiger partial charge in [0.15, 0.2) is 6.10 Å². The second kappa shape index (κ2) is 25.2. The van der Waals surface area contributed by atoms with Crippen LogP contribution in [0.2, 0.25) is 0 Å². The van der Waals surface area contributed by atoms with Crippen LogP contribution >= 0.6 is 63.7 Å². The minimum absolute atomic E-state index is 0.0639. The van der Waals surface area contributed by atoms with Crippen LogP contribution in [0.4, 0.5) is 0 Å². The van der Waals surface area contributed by atoms with E-state index >= 15 is 0 Å². The first-order valence-corrected chi connectivity index (χ1v) is 29.0. The Hall–Kier alpha value is -5.04. The lowest BCUT2D eigenvalue weighted by molar-refractivity contribution is -0.165. The average molecular weight is 1300 g/mol. The van der Waals surface area contributed by atoms with Crippen molar-refractivity contribution in [3.63, 3.8) is 0 Å². The number of amides is 4. The Morgan fingerprint density at radius 1 is 0.500 bits per heavy atom. The maximum atomic E-state index is 15.0. The fourth-order valence-electron chi connectivity index (χ4n) is 10.4. The van der Waals surface area contributed by atoms with Crippen LogP contribution in [0.3, 0.4) is 0 Å². The van der Waals surface area contributed by atoms with E-state index in [9.17, 15) is 38.4 Å². The van der Waals surface area contributed by atoms with Crippen LogP contribution in [0.1, 0.15) is 166 Å². The van der Waals surface area contributed by atoms with Crippen LogP contribution in [0, 0.1) is 5.92 Å². The van der Waals surface area contributed by atoms with Crippen LogP contribution in [0.5, 0.6) is 0 Å². The highest BCUT2D eigenvalue weighted by molar-refractivity contribution is 9.11. The van der Waals surface area contributed by atoms with E-state index in [-0.39, 0.29) is 59.1 Å². The lowest BCUT2D eigenvalue weighted by Gasteiger charge is -2.36. The molecule has 18 heteroatoms. The van der Waals surface area contributed by atoms with E-state index in [0.29, 0.717) is 72.1 Å². The number of hydrogen-bond acceptors (Lipinski definition) is 12. The van der Waals surface area contributed by atoms with Gasteiger partial charge in [-0.3, -0.25) is 38.6 Å². The van der Waals surface area contributed by atoms with Gasteiger partial charge in [0.05, 0.1) is 18.9 Å². The molecule has 14 nitrogen and oxygen atoms in total. The number of unbranched alkanes of at least 4 members (excludes halogenated alkanes) is 6. The summed E-state index contributed by atoms with van der Waals surface area (Å²) in [6.07, 6.45) is 7.87. The largest absolute Gasteiger partial charge is 0.463 e. The molecule has 0 spiro atoms. The van der Waals surface area contributed by atoms with Gasteiger partial charge in [0, 0.05) is 100 Å². The summed E-state index contributed by atoms with van der Waals surface area (Å²) in [5.74, 6) is -5.08. The summed E-state index contributed by atoms with van der Waals surface area (Å²) in [4.78, 5) is 113. The Labute approximate surface area is 475 Å². The Morgan fingerprint density at radius 2 is 0.868 bits per heavy atom. The first kappa shape index (κ1) is 58.6. The van der Waals surface area contributed by atoms with Crippen molar-refractivity contribution >= 4 is 154 Å². The number of imide groups is 2. The van der Waals surface area contributed by atoms with Gasteiger partial charge in [-0.1, -0.05) is 156 Å². The summed E-state index contributed by atoms with van der Waals surface area (Å²) in [5, 5.41) is 5.00. The van der Waals surface area contributed by atoms with Crippen molar-refractivity contribution in [3.05, 3.63) is 88.7 Å². The molecule has 1 unspecified atom stereocenters. The zero-order chi connectivity index (χ0) is 55.4. The molecule has 0 aliphatic carbocycles. The summed E-state index contributed by atoms with van der Waals surface area (Å²) in [5.41, 5.74) is 1.52. The van der Waals surface area contributed by atoms with Crippen LogP contribution in [0.25, 0.3) is 43.1 Å². The SMILES string of the molecule is C=C(C)C(=O)OCC(COC(=O)C(=C)C)OC(=O)CCC(=O)OCC(CC(C)C)N1C(=O)c2cc(Br)c3c4c(Br)cc5c6c(cc(Br)c(c7c(Br)cc(c2c37)C1=O)c64)C(=O)N(C(CCCCCC)CCCCCC)C5=O. The highest BCUT2D eigenvalue weighted by atomic mass is 79.9. The Morgan fingerprint density at radius 3 is 1.22 bits per heavy atom. The number of fused-ring (bicyclic) bond motifs is 2. The van der Waals surface area contributed by atoms with Crippen LogP contribution < -0.4 is 0 Å². The number of hydrogen-bond donors (Lipinski definition) is 0. The van der Waals surface area contributed by atoms with Crippen molar-refractivity contribution in [2.45, 2.75) is 143 Å². The molecule has 0 saturated heterocycles. The van der Waals surface area contributed by atoms with Gasteiger partial charge >= 0.3 is 23.9 Å². The first-order valence-electron chi connectivity index (χ1n) is 25.9. The Balaban J connectivity index is 1.20. The molecule has 0 saturated carbocycles. The van der Waals surface area contributed by atoms with Gasteiger partial charge in [-0.15, -0.1) is 0 Å². The normalized spacial score (nSPS) is 13.9. The summed E-state index contributed by atoms with van der Waals surface area (Å²) in [6, 6.07) is 5.83. The van der Waals surface area contributed by atoms with E-state index in [4.69, 9.17) is 18.9 Å². The fourth-order valence-corrected chi connectivity index (χ4v) is 12.9. The number of halogens is 4. The predicted molar refractivity (Wildman–Crippen MR) is 306 cm³/mol. The number of carbonyl (C=O) groups excluding carboxylic acids is 8. The van der Waals surface area contributed by atoms with Crippen LogP contribution in [-0.2, 0) is 38.1 Å². The number of ether oxygens (including phenoxy) is 4. The molecule has 0 bridgehead atoms. The van der Waals surface area contributed by atoms with Crippen molar-refractivity contribution in [2.75, 3.05) is 19.8 Å². The summed E-state index contributed by atoms with van der Waals surface area (Å²) >= 11 is 15.4. The van der Waals surface area contributed by atoms with E-state index < -0.39 is 73.9 Å². The van der Waals surface area contributed by atoms with Gasteiger partial charge in [0.25, 0.3) is 23.6 Å². The van der Waals surface area contributed by atoms with E-state index in [1.54, 1.807) is 24.3 Å². The van der Waals surface area contributed by atoms with Crippen LogP contribution in [-0.4, -0.2) is 95.3 Å². The molecule has 5 aromatic rings. The zero-order valence-corrected chi connectivity index (χ0v) is 50.0. The molecule has 0 radical (unpaired) electrons. The molecule has 0 N–H and O–H groups in total. The lowest BCUT2D eigenvalue weighted by Crippen LogP contribution is -2.49. The molecular weight excluding hydrogens is 1240 g/mol. The standard InChI is InChI=1S/C58H62Br4N2O12/c1-9-11-13-15-17-32(18-16-14-12-10-2)63-53(67)35-22-39(59)47-49-41(61)24-37-46-38(25-42(62)50(52(46)49)48-40(60)23-36(54(63)68)45(35)51(47)48)56(70)64(55(37)69)33(21-29(3)4)26-73-43(65)19-20-44(66)76-34(27-74-57(71)30(5)6)28-75-58(72)31(7)8/h22-25,29,32-34H,5,7,9-21,26-28H2,1-4,6,8H3. The summed E-state index contributed by atoms with van der Waals surface area (Å²) in [7, 11) is 0. The third-order valence-corrected chi connectivity index (χ3v) is 16.4. The topological polar surface area (TPSA) is 180 Å². The number of carbonyl (C=O) groups is 8. The lowest BCUT2D eigenvalue weighted by atomic mass is 9.81. The first-order chi connectivity index (χ1) is 36.1. The highest BCUT2D eigenvalue weighted by Gasteiger charge is 2.43. The number of rotatable bonds is 26. The maximum absolute atomic E-state index is 15.0. The van der Waals surface area contributed by atoms with Gasteiger partial charge in [-0.05, 0) is 63.3 Å². The number of nitrogens with zero attached hydrogens (tertiary/aromatic N) is 2. The van der Waals surface area contributed by atoms with E-state index in [0.717, 1.165) is 69.1 Å². The van der Waals surface area contributed by atoms with Crippen molar-refractivity contribution in [2.24, 2.45) is 5.92 Å². The number of benzene rings is 5. The number of esters is 4. The molecule has 0 fully saturated rings. The predicted octanol–water partition coefficient (Wildman–Crippen LogP) is 14.2. The molecular formula is C58H62Br4N2O12. The van der Waals surface area contributed by atoms with E-state index in [1.165, 1.54) is 18.7 Å². The van der Waals surface area contributed by atoms with Crippen LogP contribution in [0.15, 0.2) is 66.5 Å². The minimum atomic E-state index is -1.20. The molecule has 2 aliphatic heterocycles. The second-order valence-electron chi connectivity index (χ2n) is 20.3. The van der Waals surface area contributed by atoms with Crippen molar-refractivity contribution in [1.82, 2.24) is 9.80 Å². The molecule has 7 rings (SSSR count). The molecule has 5 aromatic carbocycles. The molecule has 2 heterocycles.